The van der Waals surface area contributed by atoms with E-state index in [1.807, 2.05) is 0 Å². The first-order valence-corrected chi connectivity index (χ1v) is 12.5. The number of nitrogens with zero attached hydrogens (tertiary/aromatic N) is 3. The van der Waals surface area contributed by atoms with E-state index < -0.39 is 18.0 Å². The Bertz CT molecular complexity index is 1440. The van der Waals surface area contributed by atoms with Gasteiger partial charge in [-0.2, -0.15) is 0 Å². The molecule has 38 heavy (non-hydrogen) atoms. The number of amides is 1. The predicted molar refractivity (Wildman–Crippen MR) is 140 cm³/mol. The van der Waals surface area contributed by atoms with Gasteiger partial charge in [-0.05, 0) is 48.1 Å². The number of carbonyl (C=O) groups is 1. The van der Waals surface area contributed by atoms with Crippen molar-refractivity contribution < 1.29 is 28.4 Å². The van der Waals surface area contributed by atoms with E-state index in [-0.39, 0.29) is 28.6 Å². The first-order chi connectivity index (χ1) is 18.4. The zero-order valence-corrected chi connectivity index (χ0v) is 21.2. The molecule has 0 atom stereocenters. The van der Waals surface area contributed by atoms with Crippen LogP contribution in [0.2, 0.25) is 0 Å². The van der Waals surface area contributed by atoms with Crippen LogP contribution in [-0.2, 0) is 0 Å². The van der Waals surface area contributed by atoms with Gasteiger partial charge in [-0.25, -0.2) is 13.8 Å². The molecule has 1 amide bonds. The van der Waals surface area contributed by atoms with Gasteiger partial charge < -0.3 is 15.6 Å². The molecule has 0 unspecified atom stereocenters. The van der Waals surface area contributed by atoms with E-state index in [4.69, 9.17) is 15.6 Å². The average molecular weight is 540 g/mol. The number of halogens is 2. The molecule has 2 aromatic heterocycles. The van der Waals surface area contributed by atoms with Crippen molar-refractivity contribution in [3.63, 3.8) is 0 Å². The summed E-state index contributed by atoms with van der Waals surface area (Å²) in [6.45, 7) is 0.221. The number of methoxy groups -OCH3 is 1. The molecule has 2 heterocycles. The molecule has 0 bridgehead atoms. The Labute approximate surface area is 221 Å². The highest BCUT2D eigenvalue weighted by Crippen LogP contribution is 2.36. The van der Waals surface area contributed by atoms with Crippen molar-refractivity contribution in [3.05, 3.63) is 58.5 Å². The SMILES string of the molecule is COc1cnc(C(F)F)cc1-c1cc(/C(C=[NH+]CCO)=C/N)ccc1C(=O)Nc1nnc(C#CC2CC2)s1. The van der Waals surface area contributed by atoms with E-state index in [1.54, 1.807) is 24.4 Å². The maximum atomic E-state index is 13.5. The molecule has 196 valence electrons. The molecule has 5 N–H and O–H groups in total. The minimum absolute atomic E-state index is 0.0805. The highest BCUT2D eigenvalue weighted by atomic mass is 32.1. The number of rotatable bonds is 9. The Morgan fingerprint density at radius 1 is 1.34 bits per heavy atom. The number of benzene rings is 1. The summed E-state index contributed by atoms with van der Waals surface area (Å²) in [4.78, 5) is 20.1. The highest BCUT2D eigenvalue weighted by Gasteiger charge is 2.22. The molecule has 0 saturated heterocycles. The van der Waals surface area contributed by atoms with Crippen LogP contribution in [0.3, 0.4) is 0 Å². The second-order valence-electron chi connectivity index (χ2n) is 8.22. The number of allylic oxidation sites excluding steroid dienone is 1. The zero-order chi connectivity index (χ0) is 27.1. The summed E-state index contributed by atoms with van der Waals surface area (Å²) in [5.74, 6) is 6.13. The molecule has 4 rings (SSSR count). The number of hydrogen-bond donors (Lipinski definition) is 4. The van der Waals surface area contributed by atoms with Crippen LogP contribution in [0.5, 0.6) is 5.75 Å². The highest BCUT2D eigenvalue weighted by molar-refractivity contribution is 7.15. The lowest BCUT2D eigenvalue weighted by molar-refractivity contribution is -0.453. The van der Waals surface area contributed by atoms with Crippen molar-refractivity contribution in [3.8, 4) is 28.7 Å². The average Bonchev–Trinajstić information content (AvgIpc) is 3.66. The monoisotopic (exact) mass is 539 g/mol. The van der Waals surface area contributed by atoms with Gasteiger partial charge in [0.1, 0.15) is 18.1 Å². The number of nitrogens with one attached hydrogen (secondary N) is 2. The summed E-state index contributed by atoms with van der Waals surface area (Å²) < 4.78 is 32.5. The lowest BCUT2D eigenvalue weighted by Gasteiger charge is -2.15. The van der Waals surface area contributed by atoms with Crippen LogP contribution < -0.4 is 20.8 Å². The van der Waals surface area contributed by atoms with E-state index in [9.17, 15) is 13.6 Å². The van der Waals surface area contributed by atoms with Crippen molar-refractivity contribution in [2.45, 2.75) is 19.3 Å². The van der Waals surface area contributed by atoms with Crippen LogP contribution in [0.4, 0.5) is 13.9 Å². The van der Waals surface area contributed by atoms with Crippen LogP contribution in [0.1, 0.15) is 45.9 Å². The Balaban J connectivity index is 1.75. The first-order valence-electron chi connectivity index (χ1n) is 11.7. The van der Waals surface area contributed by atoms with Gasteiger partial charge in [0.05, 0.1) is 18.9 Å². The van der Waals surface area contributed by atoms with Crippen molar-refractivity contribution in [1.82, 2.24) is 15.2 Å². The topological polar surface area (TPSA) is 137 Å². The van der Waals surface area contributed by atoms with Crippen molar-refractivity contribution >= 4 is 34.2 Å². The summed E-state index contributed by atoms with van der Waals surface area (Å²) in [6, 6.07) is 6.06. The molecular formula is C26H25F2N6O3S+. The van der Waals surface area contributed by atoms with Crippen LogP contribution in [0.25, 0.3) is 16.7 Å². The third kappa shape index (κ3) is 6.56. The van der Waals surface area contributed by atoms with Crippen LogP contribution in [0, 0.1) is 17.8 Å². The normalized spacial score (nSPS) is 13.4. The summed E-state index contributed by atoms with van der Waals surface area (Å²) >= 11 is 1.14. The number of aromatic nitrogens is 3. The second-order valence-corrected chi connectivity index (χ2v) is 9.20. The molecular weight excluding hydrogens is 514 g/mol. The second kappa shape index (κ2) is 12.4. The van der Waals surface area contributed by atoms with E-state index in [0.717, 1.165) is 24.2 Å². The predicted octanol–water partition coefficient (Wildman–Crippen LogP) is 2.00. The van der Waals surface area contributed by atoms with Gasteiger partial charge in [-0.1, -0.05) is 23.3 Å². The van der Waals surface area contributed by atoms with E-state index in [2.05, 4.69) is 37.3 Å². The molecule has 9 nitrogen and oxygen atoms in total. The quantitative estimate of drug-likeness (QED) is 0.241. The molecule has 12 heteroatoms. The Morgan fingerprint density at radius 2 is 2.16 bits per heavy atom. The van der Waals surface area contributed by atoms with E-state index in [1.165, 1.54) is 25.6 Å². The zero-order valence-electron chi connectivity index (χ0n) is 20.4. The fourth-order valence-corrected chi connectivity index (χ4v) is 4.05. The molecule has 3 aromatic rings. The molecule has 1 saturated carbocycles. The molecule has 0 spiro atoms. The maximum Gasteiger partial charge on any atom is 0.280 e. The Kier molecular flexibility index (Phi) is 8.73. The number of aliphatic hydroxyl groups excluding tert-OH is 1. The van der Waals surface area contributed by atoms with Gasteiger partial charge in [0.2, 0.25) is 5.13 Å². The van der Waals surface area contributed by atoms with Gasteiger partial charge in [-0.3, -0.25) is 15.1 Å². The Hall–Kier alpha value is -4.21. The summed E-state index contributed by atoms with van der Waals surface area (Å²) in [5, 5.41) is 20.5. The molecule has 0 radical (unpaired) electrons. The number of pyridine rings is 1. The van der Waals surface area contributed by atoms with Gasteiger partial charge in [0, 0.05) is 23.2 Å². The number of carbonyl (C=O) groups excluding carboxylic acids is 1. The number of aliphatic hydroxyl groups is 1. The number of nitrogens with two attached hydrogens (primary N) is 1. The fourth-order valence-electron chi connectivity index (χ4n) is 3.45. The van der Waals surface area contributed by atoms with Crippen LogP contribution in [0.15, 0.2) is 36.7 Å². The smallest absolute Gasteiger partial charge is 0.280 e. The molecule has 0 aliphatic heterocycles. The summed E-state index contributed by atoms with van der Waals surface area (Å²) in [5.41, 5.74) is 7.23. The van der Waals surface area contributed by atoms with Gasteiger partial charge in [0.25, 0.3) is 12.3 Å². The van der Waals surface area contributed by atoms with E-state index in [0.29, 0.717) is 34.2 Å². The third-order valence-electron chi connectivity index (χ3n) is 5.52. The molecule has 1 aliphatic rings. The Morgan fingerprint density at radius 3 is 2.84 bits per heavy atom. The first kappa shape index (κ1) is 26.8. The van der Waals surface area contributed by atoms with Crippen LogP contribution in [-0.4, -0.2) is 52.7 Å². The lowest BCUT2D eigenvalue weighted by atomic mass is 9.94. The molecule has 1 aliphatic carbocycles. The number of anilines is 1. The van der Waals surface area contributed by atoms with Gasteiger partial charge in [0.15, 0.2) is 17.8 Å². The van der Waals surface area contributed by atoms with Crippen molar-refractivity contribution in [2.75, 3.05) is 25.6 Å². The number of alkyl halides is 2. The number of hydrogen-bond acceptors (Lipinski definition) is 8. The minimum Gasteiger partial charge on any atom is -0.494 e. The maximum absolute atomic E-state index is 13.5. The van der Waals surface area contributed by atoms with Crippen molar-refractivity contribution in [2.24, 2.45) is 11.7 Å². The fraction of sp³-hybridized carbons (Fsp3) is 0.269. The van der Waals surface area contributed by atoms with Crippen LogP contribution >= 0.6 is 11.3 Å². The van der Waals surface area contributed by atoms with Gasteiger partial charge >= 0.3 is 0 Å². The molecule has 1 fully saturated rings. The largest absolute Gasteiger partial charge is 0.494 e. The summed E-state index contributed by atoms with van der Waals surface area (Å²) in [7, 11) is 1.38. The number of ether oxygens (including phenoxy) is 1. The minimum atomic E-state index is -2.83. The molecule has 1 aromatic carbocycles. The van der Waals surface area contributed by atoms with Crippen molar-refractivity contribution in [1.29, 1.82) is 0 Å². The van der Waals surface area contributed by atoms with E-state index >= 15 is 0 Å². The standard InChI is InChI=1S/C26H24F2N6O3S/c1-37-22-14-31-21(24(27)28)11-20(22)19-10-16(17(12-29)13-30-8-9-35)5-6-18(19)25(36)32-26-34-33-23(38-26)7-4-15-2-3-15/h5-6,10-15,24,35H,2-3,8-9,29H2,1H3,(H,32,34,36)/p+1/b17-12+,30-13?. The van der Waals surface area contributed by atoms with Gasteiger partial charge in [-0.15, -0.1) is 10.2 Å². The third-order valence-corrected chi connectivity index (χ3v) is 6.27. The summed E-state index contributed by atoms with van der Waals surface area (Å²) in [6.07, 6.45) is 3.48. The lowest BCUT2D eigenvalue weighted by Crippen LogP contribution is -2.70.